The standard InChI is InChI=1S/C25H21BrN4O3S2/c1-35(31,32)29-18-9-11-19(12-10-18)30-24(23(28-25(30)34)20-4-2-3-15-27-20)22-14-13-21(33-22)16-5-7-17(26)8-6-16/h2-15,23-24,29H,1H3,(H,28,34)/t23-,24+/m0/s1. The van der Waals surface area contributed by atoms with Crippen LogP contribution in [0.2, 0.25) is 0 Å². The van der Waals surface area contributed by atoms with E-state index in [1.54, 1.807) is 18.3 Å². The molecule has 0 radical (unpaired) electrons. The van der Waals surface area contributed by atoms with Crippen molar-refractivity contribution in [3.8, 4) is 11.3 Å². The van der Waals surface area contributed by atoms with Crippen LogP contribution in [-0.4, -0.2) is 24.8 Å². The largest absolute Gasteiger partial charge is 0.459 e. The molecule has 1 aliphatic rings. The van der Waals surface area contributed by atoms with Crippen LogP contribution in [0.15, 0.2) is 93.9 Å². The number of rotatable bonds is 6. The van der Waals surface area contributed by atoms with Crippen molar-refractivity contribution in [3.63, 3.8) is 0 Å². The second-order valence-corrected chi connectivity index (χ2v) is 11.2. The number of halogens is 1. The summed E-state index contributed by atoms with van der Waals surface area (Å²) in [6.45, 7) is 0. The van der Waals surface area contributed by atoms with Crippen molar-refractivity contribution >= 4 is 54.7 Å². The number of sulfonamides is 1. The number of hydrogen-bond donors (Lipinski definition) is 2. The van der Waals surface area contributed by atoms with Crippen LogP contribution < -0.4 is 14.9 Å². The van der Waals surface area contributed by atoms with Crippen LogP contribution in [0.5, 0.6) is 0 Å². The van der Waals surface area contributed by atoms with Crippen molar-refractivity contribution in [3.05, 3.63) is 101 Å². The Bertz CT molecular complexity index is 1460. The van der Waals surface area contributed by atoms with Gasteiger partial charge in [0.05, 0.1) is 18.0 Å². The molecule has 0 amide bonds. The average molecular weight is 570 g/mol. The van der Waals surface area contributed by atoms with Gasteiger partial charge in [-0.1, -0.05) is 34.1 Å². The van der Waals surface area contributed by atoms with Crippen LogP contribution >= 0.6 is 28.1 Å². The lowest BCUT2D eigenvalue weighted by Gasteiger charge is -2.26. The summed E-state index contributed by atoms with van der Waals surface area (Å²) in [7, 11) is -3.37. The third-order valence-electron chi connectivity index (χ3n) is 5.59. The van der Waals surface area contributed by atoms with Crippen molar-refractivity contribution in [2.75, 3.05) is 15.9 Å². The molecule has 5 rings (SSSR count). The fourth-order valence-corrected chi connectivity index (χ4v) is 5.28. The maximum atomic E-state index is 11.6. The Morgan fingerprint density at radius 2 is 1.77 bits per heavy atom. The number of hydrogen-bond acceptors (Lipinski definition) is 5. The summed E-state index contributed by atoms with van der Waals surface area (Å²) in [5.41, 5.74) is 3.07. The van der Waals surface area contributed by atoms with Crippen molar-refractivity contribution < 1.29 is 12.8 Å². The number of anilines is 2. The molecule has 7 nitrogen and oxygen atoms in total. The number of aromatic nitrogens is 1. The third kappa shape index (κ3) is 5.09. The fraction of sp³-hybridized carbons (Fsp3) is 0.120. The van der Waals surface area contributed by atoms with Crippen LogP contribution in [0.3, 0.4) is 0 Å². The molecule has 1 fully saturated rings. The minimum absolute atomic E-state index is 0.249. The molecule has 35 heavy (non-hydrogen) atoms. The van der Waals surface area contributed by atoms with Crippen LogP contribution in [0.25, 0.3) is 11.3 Å². The van der Waals surface area contributed by atoms with Crippen LogP contribution in [0.4, 0.5) is 11.4 Å². The second-order valence-electron chi connectivity index (χ2n) is 8.13. The zero-order chi connectivity index (χ0) is 24.6. The van der Waals surface area contributed by atoms with E-state index in [0.29, 0.717) is 10.8 Å². The zero-order valence-corrected chi connectivity index (χ0v) is 21.8. The van der Waals surface area contributed by atoms with Gasteiger partial charge in [0.2, 0.25) is 10.0 Å². The van der Waals surface area contributed by atoms with Crippen LogP contribution in [0, 0.1) is 0 Å². The van der Waals surface area contributed by atoms with E-state index in [1.807, 2.05) is 71.6 Å². The maximum absolute atomic E-state index is 11.6. The van der Waals surface area contributed by atoms with Gasteiger partial charge in [0.1, 0.15) is 17.6 Å². The monoisotopic (exact) mass is 568 g/mol. The molecule has 0 spiro atoms. The van der Waals surface area contributed by atoms with Gasteiger partial charge in [0.25, 0.3) is 0 Å². The van der Waals surface area contributed by atoms with Gasteiger partial charge in [-0.3, -0.25) is 9.71 Å². The molecule has 2 aromatic heterocycles. The molecule has 1 aliphatic heterocycles. The Morgan fingerprint density at radius 3 is 2.43 bits per heavy atom. The Kier molecular flexibility index (Phi) is 6.35. The van der Waals surface area contributed by atoms with Gasteiger partial charge < -0.3 is 14.6 Å². The summed E-state index contributed by atoms with van der Waals surface area (Å²) in [6, 6.07) is 24.1. The lowest BCUT2D eigenvalue weighted by atomic mass is 10.0. The molecule has 178 valence electrons. The number of furan rings is 1. The smallest absolute Gasteiger partial charge is 0.229 e. The van der Waals surface area contributed by atoms with E-state index in [4.69, 9.17) is 16.6 Å². The molecular weight excluding hydrogens is 548 g/mol. The predicted octanol–water partition coefficient (Wildman–Crippen LogP) is 5.65. The van der Waals surface area contributed by atoms with E-state index >= 15 is 0 Å². The zero-order valence-electron chi connectivity index (χ0n) is 18.6. The highest BCUT2D eigenvalue weighted by Crippen LogP contribution is 2.43. The lowest BCUT2D eigenvalue weighted by molar-refractivity contribution is 0.439. The second kappa shape index (κ2) is 9.44. The number of thiocarbonyl (C=S) groups is 1. The first-order chi connectivity index (χ1) is 16.8. The SMILES string of the molecule is CS(=O)(=O)Nc1ccc(N2C(=S)N[C@@H](c3ccccn3)[C@H]2c2ccc(-c3ccc(Br)cc3)o2)cc1. The van der Waals surface area contributed by atoms with E-state index in [0.717, 1.165) is 39.2 Å². The van der Waals surface area contributed by atoms with E-state index in [-0.39, 0.29) is 12.1 Å². The van der Waals surface area contributed by atoms with E-state index in [1.165, 1.54) is 0 Å². The molecular formula is C25H21BrN4O3S2. The Morgan fingerprint density at radius 1 is 1.03 bits per heavy atom. The highest BCUT2D eigenvalue weighted by Gasteiger charge is 2.42. The van der Waals surface area contributed by atoms with Crippen molar-refractivity contribution in [2.45, 2.75) is 12.1 Å². The normalized spacial score (nSPS) is 17.9. The molecule has 1 saturated heterocycles. The van der Waals surface area contributed by atoms with E-state index in [2.05, 4.69) is 31.0 Å². The van der Waals surface area contributed by atoms with Crippen molar-refractivity contribution in [2.24, 2.45) is 0 Å². The highest BCUT2D eigenvalue weighted by atomic mass is 79.9. The first-order valence-electron chi connectivity index (χ1n) is 10.7. The minimum Gasteiger partial charge on any atom is -0.459 e. The average Bonchev–Trinajstić information content (AvgIpc) is 3.44. The van der Waals surface area contributed by atoms with Gasteiger partial charge in [-0.15, -0.1) is 0 Å². The third-order valence-corrected chi connectivity index (χ3v) is 7.04. The molecule has 2 atom stereocenters. The first kappa shape index (κ1) is 23.5. The molecule has 4 aromatic rings. The molecule has 10 heteroatoms. The lowest BCUT2D eigenvalue weighted by Crippen LogP contribution is -2.29. The van der Waals surface area contributed by atoms with Gasteiger partial charge in [-0.25, -0.2) is 8.42 Å². The minimum atomic E-state index is -3.37. The van der Waals surface area contributed by atoms with Gasteiger partial charge in [0.15, 0.2) is 5.11 Å². The predicted molar refractivity (Wildman–Crippen MR) is 145 cm³/mol. The van der Waals surface area contributed by atoms with Crippen LogP contribution in [-0.2, 0) is 10.0 Å². The summed E-state index contributed by atoms with van der Waals surface area (Å²) < 4.78 is 33.0. The highest BCUT2D eigenvalue weighted by molar-refractivity contribution is 9.10. The van der Waals surface area contributed by atoms with Crippen LogP contribution in [0.1, 0.15) is 23.5 Å². The number of nitrogens with one attached hydrogen (secondary N) is 2. The molecule has 3 heterocycles. The summed E-state index contributed by atoms with van der Waals surface area (Å²) in [4.78, 5) is 6.53. The number of nitrogens with zero attached hydrogens (tertiary/aromatic N) is 2. The van der Waals surface area contributed by atoms with Gasteiger partial charge in [0, 0.05) is 27.6 Å². The van der Waals surface area contributed by atoms with Gasteiger partial charge >= 0.3 is 0 Å². The van der Waals surface area contributed by atoms with E-state index < -0.39 is 10.0 Å². The van der Waals surface area contributed by atoms with E-state index in [9.17, 15) is 8.42 Å². The Labute approximate surface area is 217 Å². The summed E-state index contributed by atoms with van der Waals surface area (Å²) >= 11 is 9.21. The molecule has 0 bridgehead atoms. The topological polar surface area (TPSA) is 87.5 Å². The molecule has 0 saturated carbocycles. The molecule has 2 aromatic carbocycles. The maximum Gasteiger partial charge on any atom is 0.229 e. The van der Waals surface area contributed by atoms with Gasteiger partial charge in [-0.05, 0) is 72.9 Å². The Hall–Kier alpha value is -3.21. The quantitative estimate of drug-likeness (QED) is 0.290. The molecule has 0 unspecified atom stereocenters. The number of pyridine rings is 1. The first-order valence-corrected chi connectivity index (χ1v) is 13.8. The summed E-state index contributed by atoms with van der Waals surface area (Å²) in [6.07, 6.45) is 2.87. The van der Waals surface area contributed by atoms with Crippen molar-refractivity contribution in [1.29, 1.82) is 0 Å². The fourth-order valence-electron chi connectivity index (χ4n) is 4.11. The molecule has 2 N–H and O–H groups in total. The van der Waals surface area contributed by atoms with Crippen molar-refractivity contribution in [1.82, 2.24) is 10.3 Å². The van der Waals surface area contributed by atoms with Gasteiger partial charge in [-0.2, -0.15) is 0 Å². The molecule has 0 aliphatic carbocycles. The number of benzene rings is 2. The summed E-state index contributed by atoms with van der Waals surface area (Å²) in [5.74, 6) is 1.47. The summed E-state index contributed by atoms with van der Waals surface area (Å²) in [5, 5.41) is 3.92. The Balaban J connectivity index is 1.54.